The molecule has 0 spiro atoms. The molecule has 2 unspecified atom stereocenters. The minimum Gasteiger partial charge on any atom is -0.387 e. The van der Waals surface area contributed by atoms with Gasteiger partial charge in [-0.3, -0.25) is 22.9 Å². The molecule has 2 aromatic rings. The molecule has 0 bridgehead atoms. The fourth-order valence-corrected chi connectivity index (χ4v) is 7.62. The number of aromatic nitrogens is 4. The van der Waals surface area contributed by atoms with E-state index in [1.54, 1.807) is 0 Å². The number of nitrogens with zero attached hydrogens (tertiary/aromatic N) is 5. The van der Waals surface area contributed by atoms with Gasteiger partial charge in [0.2, 0.25) is 5.91 Å². The maximum Gasteiger partial charge on any atom is 0.481 e. The number of carbonyl (C=O) groups excluding carboxylic acids is 1. The molecule has 3 aliphatic heterocycles. The number of anilines is 1. The van der Waals surface area contributed by atoms with Gasteiger partial charge < -0.3 is 60.7 Å². The van der Waals surface area contributed by atoms with Gasteiger partial charge in [-0.05, 0) is 6.42 Å². The Morgan fingerprint density at radius 1 is 0.938 bits per heavy atom. The normalized spacial score (nSPS) is 31.9. The number of aliphatic hydroxyl groups is 3. The topological polar surface area (TPSA) is 364 Å². The van der Waals surface area contributed by atoms with E-state index in [4.69, 9.17) is 25.5 Å². The Morgan fingerprint density at radius 3 is 2.23 bits per heavy atom. The zero-order valence-electron chi connectivity index (χ0n) is 24.1. The van der Waals surface area contributed by atoms with Crippen molar-refractivity contribution in [2.24, 2.45) is 5.73 Å². The molecule has 27 heteroatoms. The molecule has 24 nitrogen and oxygen atoms in total. The van der Waals surface area contributed by atoms with Crippen molar-refractivity contribution in [1.29, 1.82) is 0 Å². The van der Waals surface area contributed by atoms with Crippen LogP contribution >= 0.6 is 23.5 Å². The number of hydrogen-bond acceptors (Lipinski definition) is 18. The van der Waals surface area contributed by atoms with E-state index in [1.165, 1.54) is 23.4 Å². The number of hydrogen-bond donors (Lipinski definition) is 9. The summed E-state index contributed by atoms with van der Waals surface area (Å²) in [4.78, 5) is 63.4. The number of amides is 1. The summed E-state index contributed by atoms with van der Waals surface area (Å²) in [7, 11) is -16.4. The molecule has 1 amide bonds. The second-order valence-corrected chi connectivity index (χ2v) is 14.6. The molecular weight excluding hydrogens is 715 g/mol. The van der Waals surface area contributed by atoms with Gasteiger partial charge in [-0.25, -0.2) is 28.6 Å². The monoisotopic (exact) mass is 745 g/mol. The van der Waals surface area contributed by atoms with Gasteiger partial charge in [0.1, 0.15) is 48.5 Å². The number of rotatable bonds is 13. The van der Waals surface area contributed by atoms with Crippen LogP contribution in [0.15, 0.2) is 36.7 Å². The van der Waals surface area contributed by atoms with Crippen molar-refractivity contribution in [3.8, 4) is 0 Å². The van der Waals surface area contributed by atoms with Gasteiger partial charge in [0.25, 0.3) is 0 Å². The standard InChI is InChI=1S/C21H30N7O17P3/c22-17-12-19(25-7-24-17)28(8-26-12)21-15(31)16(44-46(33,34)35)11(43-21)6-41-48(38,39)45-47(36,37)40-5-10-13(29)14(30)20(42-10)27-3-1-2-9(4-27)18(23)32/h1,3-4,7-8,10-11,13-16,20-21,29-31H,2,5-6H2,(H2,23,32)(H,36,37)(H,38,39)(H2,22,24,25)(H2,33,34,35)/t10-,11-,13-,14-,15-,16-,20-,21-/m1/s1. The molecule has 0 aromatic carbocycles. The number of carbonyl (C=O) groups is 1. The molecule has 3 aliphatic rings. The summed E-state index contributed by atoms with van der Waals surface area (Å²) in [5.74, 6) is -0.776. The molecule has 11 N–H and O–H groups in total. The first-order valence-corrected chi connectivity index (χ1v) is 18.0. The van der Waals surface area contributed by atoms with Crippen molar-refractivity contribution in [1.82, 2.24) is 24.4 Å². The predicted octanol–water partition coefficient (Wildman–Crippen LogP) is -2.57. The molecule has 5 rings (SSSR count). The first-order chi connectivity index (χ1) is 22.4. The fraction of sp³-hybridized carbons (Fsp3) is 0.524. The number of primary amides is 1. The lowest BCUT2D eigenvalue weighted by Gasteiger charge is -2.28. The summed E-state index contributed by atoms with van der Waals surface area (Å²) in [5.41, 5.74) is 11.3. The van der Waals surface area contributed by atoms with Crippen LogP contribution in [-0.4, -0.2) is 121 Å². The highest BCUT2D eigenvalue weighted by Crippen LogP contribution is 2.61. The Hall–Kier alpha value is -2.73. The molecular formula is C21H30N7O17P3. The number of phosphoric ester groups is 3. The first kappa shape index (κ1) is 36.5. The molecule has 10 atom stereocenters. The summed E-state index contributed by atoms with van der Waals surface area (Å²) in [6.07, 6.45) is -6.47. The Kier molecular flexibility index (Phi) is 10.6. The number of fused-ring (bicyclic) bond motifs is 1. The van der Waals surface area contributed by atoms with Gasteiger partial charge in [-0.2, -0.15) is 4.31 Å². The number of aliphatic hydroxyl groups excluding tert-OH is 3. The third-order valence-corrected chi connectivity index (χ3v) is 10.2. The van der Waals surface area contributed by atoms with E-state index in [9.17, 15) is 53.4 Å². The lowest BCUT2D eigenvalue weighted by atomic mass is 10.1. The van der Waals surface area contributed by atoms with Gasteiger partial charge in [-0.1, -0.05) is 6.08 Å². The van der Waals surface area contributed by atoms with Crippen LogP contribution in [0.5, 0.6) is 0 Å². The van der Waals surface area contributed by atoms with E-state index >= 15 is 0 Å². The van der Waals surface area contributed by atoms with Crippen LogP contribution in [0.1, 0.15) is 12.6 Å². The molecule has 5 heterocycles. The third kappa shape index (κ3) is 8.17. The van der Waals surface area contributed by atoms with Gasteiger partial charge in [-0.15, -0.1) is 0 Å². The van der Waals surface area contributed by atoms with Gasteiger partial charge in [0.05, 0.1) is 19.5 Å². The summed E-state index contributed by atoms with van der Waals surface area (Å²) >= 11 is 0. The summed E-state index contributed by atoms with van der Waals surface area (Å²) < 4.78 is 67.2. The molecule has 48 heavy (non-hydrogen) atoms. The number of ether oxygens (including phenoxy) is 2. The van der Waals surface area contributed by atoms with Crippen LogP contribution in [0.2, 0.25) is 0 Å². The minimum atomic E-state index is -5.56. The quantitative estimate of drug-likeness (QED) is 0.0951. The lowest BCUT2D eigenvalue weighted by molar-refractivity contribution is -0.115. The lowest BCUT2D eigenvalue weighted by Crippen LogP contribution is -2.40. The van der Waals surface area contributed by atoms with Crippen molar-refractivity contribution < 1.29 is 80.7 Å². The average Bonchev–Trinajstić information content (AvgIpc) is 3.64. The number of allylic oxidation sites excluding steroid dienone is 1. The van der Waals surface area contributed by atoms with Gasteiger partial charge in [0, 0.05) is 18.0 Å². The van der Waals surface area contributed by atoms with Crippen molar-refractivity contribution >= 4 is 46.4 Å². The van der Waals surface area contributed by atoms with E-state index in [2.05, 4.69) is 28.3 Å². The van der Waals surface area contributed by atoms with Crippen LogP contribution in [0.25, 0.3) is 11.2 Å². The predicted molar refractivity (Wildman–Crippen MR) is 153 cm³/mol. The number of phosphoric acid groups is 3. The highest BCUT2D eigenvalue weighted by atomic mass is 31.3. The fourth-order valence-electron chi connectivity index (χ4n) is 4.95. The average molecular weight is 745 g/mol. The summed E-state index contributed by atoms with van der Waals surface area (Å²) in [6.45, 7) is -2.07. The van der Waals surface area contributed by atoms with Gasteiger partial charge in [0.15, 0.2) is 23.9 Å². The van der Waals surface area contributed by atoms with E-state index in [-0.39, 0.29) is 29.0 Å². The highest BCUT2D eigenvalue weighted by Gasteiger charge is 2.51. The minimum absolute atomic E-state index is 0.0343. The number of nitrogens with two attached hydrogens (primary N) is 2. The van der Waals surface area contributed by atoms with Crippen molar-refractivity contribution in [2.45, 2.75) is 55.5 Å². The van der Waals surface area contributed by atoms with E-state index < -0.39 is 91.7 Å². The van der Waals surface area contributed by atoms with Crippen LogP contribution in [0.3, 0.4) is 0 Å². The van der Waals surface area contributed by atoms with E-state index in [0.29, 0.717) is 0 Å². The first-order valence-electron chi connectivity index (χ1n) is 13.5. The molecule has 0 radical (unpaired) electrons. The van der Waals surface area contributed by atoms with Crippen molar-refractivity contribution in [3.05, 3.63) is 36.7 Å². The van der Waals surface area contributed by atoms with Crippen LogP contribution < -0.4 is 11.5 Å². The van der Waals surface area contributed by atoms with Crippen LogP contribution in [-0.2, 0) is 45.8 Å². The summed E-state index contributed by atoms with van der Waals surface area (Å²) in [6, 6.07) is 0. The van der Waals surface area contributed by atoms with Crippen LogP contribution in [0.4, 0.5) is 5.82 Å². The molecule has 0 saturated carbocycles. The molecule has 266 valence electrons. The highest BCUT2D eigenvalue weighted by molar-refractivity contribution is 7.61. The third-order valence-electron chi connectivity index (χ3n) is 7.11. The van der Waals surface area contributed by atoms with Crippen molar-refractivity contribution in [3.63, 3.8) is 0 Å². The second kappa shape index (κ2) is 13.9. The van der Waals surface area contributed by atoms with Crippen LogP contribution in [0, 0.1) is 0 Å². The smallest absolute Gasteiger partial charge is 0.387 e. The van der Waals surface area contributed by atoms with Gasteiger partial charge >= 0.3 is 23.5 Å². The maximum absolute atomic E-state index is 12.6. The maximum atomic E-state index is 12.6. The molecule has 0 aliphatic carbocycles. The Morgan fingerprint density at radius 2 is 1.58 bits per heavy atom. The van der Waals surface area contributed by atoms with Crippen molar-refractivity contribution in [2.75, 3.05) is 18.9 Å². The Labute approximate surface area is 268 Å². The number of imidazole rings is 1. The van der Waals surface area contributed by atoms with E-state index in [1.807, 2.05) is 0 Å². The largest absolute Gasteiger partial charge is 0.481 e. The Bertz CT molecular complexity index is 1740. The zero-order valence-corrected chi connectivity index (χ0v) is 26.8. The van der Waals surface area contributed by atoms with E-state index in [0.717, 1.165) is 17.2 Å². The molecule has 2 fully saturated rings. The Balaban J connectivity index is 1.21. The number of nitrogen functional groups attached to an aromatic ring is 1. The zero-order chi connectivity index (χ0) is 35.2. The molecule has 2 saturated heterocycles. The molecule has 2 aromatic heterocycles. The SMILES string of the molecule is NC(=O)C1=CN([C@@H]2O[C@H](COP(=O)(O)OP(=O)(O)OC[C@H]3O[C@@H](n4cnc5c(N)ncnc54)[C@H](O)[C@@H]3OP(=O)(O)O)[C@@H](O)[C@H]2O)C=CC1. The summed E-state index contributed by atoms with van der Waals surface area (Å²) in [5, 5.41) is 31.6. The second-order valence-electron chi connectivity index (χ2n) is 10.4.